The Hall–Kier alpha value is -0.880. The monoisotopic (exact) mass is 342 g/mol. The SMILES string of the molecule is Cn1nccc1CCC(NN)c1ccc(Cl)c(Br)c1. The molecular weight excluding hydrogens is 328 g/mol. The highest BCUT2D eigenvalue weighted by Gasteiger charge is 2.12. The number of aryl methyl sites for hydroxylation is 2. The van der Waals surface area contributed by atoms with Crippen LogP contribution in [0.3, 0.4) is 0 Å². The molecule has 0 saturated heterocycles. The fourth-order valence-electron chi connectivity index (χ4n) is 2.01. The van der Waals surface area contributed by atoms with Crippen molar-refractivity contribution in [1.82, 2.24) is 15.2 Å². The highest BCUT2D eigenvalue weighted by Crippen LogP contribution is 2.27. The summed E-state index contributed by atoms with van der Waals surface area (Å²) in [5.41, 5.74) is 5.15. The number of hydrazine groups is 1. The third-order valence-corrected chi connectivity index (χ3v) is 4.37. The topological polar surface area (TPSA) is 55.9 Å². The lowest BCUT2D eigenvalue weighted by molar-refractivity contribution is 0.506. The fourth-order valence-corrected chi connectivity index (χ4v) is 2.53. The molecule has 0 fully saturated rings. The van der Waals surface area contributed by atoms with Gasteiger partial charge in [0.1, 0.15) is 0 Å². The Morgan fingerprint density at radius 3 is 2.84 bits per heavy atom. The summed E-state index contributed by atoms with van der Waals surface area (Å²) in [6.45, 7) is 0. The Bertz CT molecular complexity index is 555. The molecule has 0 saturated carbocycles. The van der Waals surface area contributed by atoms with E-state index in [1.807, 2.05) is 36.0 Å². The molecule has 0 aliphatic rings. The molecule has 1 aromatic carbocycles. The van der Waals surface area contributed by atoms with E-state index in [1.165, 1.54) is 5.69 Å². The molecule has 0 aliphatic heterocycles. The predicted molar refractivity (Wildman–Crippen MR) is 80.7 cm³/mol. The van der Waals surface area contributed by atoms with Crippen molar-refractivity contribution < 1.29 is 0 Å². The van der Waals surface area contributed by atoms with Gasteiger partial charge in [-0.2, -0.15) is 5.10 Å². The van der Waals surface area contributed by atoms with Crippen LogP contribution in [-0.4, -0.2) is 9.78 Å². The minimum absolute atomic E-state index is 0.0865. The number of benzene rings is 1. The molecule has 3 N–H and O–H groups in total. The summed E-state index contributed by atoms with van der Waals surface area (Å²) in [6, 6.07) is 7.96. The Morgan fingerprint density at radius 2 is 2.26 bits per heavy atom. The molecule has 1 atom stereocenters. The Morgan fingerprint density at radius 1 is 1.47 bits per heavy atom. The molecule has 1 heterocycles. The molecule has 102 valence electrons. The number of nitrogens with zero attached hydrogens (tertiary/aromatic N) is 2. The second-order valence-electron chi connectivity index (χ2n) is 4.38. The van der Waals surface area contributed by atoms with Crippen molar-refractivity contribution in [3.8, 4) is 0 Å². The average Bonchev–Trinajstić information content (AvgIpc) is 2.80. The van der Waals surface area contributed by atoms with Crippen LogP contribution < -0.4 is 11.3 Å². The number of rotatable bonds is 5. The van der Waals surface area contributed by atoms with Gasteiger partial charge < -0.3 is 0 Å². The predicted octanol–water partition coefficient (Wildman–Crippen LogP) is 2.97. The van der Waals surface area contributed by atoms with Crippen molar-refractivity contribution in [3.63, 3.8) is 0 Å². The number of nitrogens with two attached hydrogens (primary N) is 1. The highest BCUT2D eigenvalue weighted by atomic mass is 79.9. The maximum atomic E-state index is 6.00. The van der Waals surface area contributed by atoms with Crippen LogP contribution in [0.5, 0.6) is 0 Å². The smallest absolute Gasteiger partial charge is 0.0548 e. The van der Waals surface area contributed by atoms with Gasteiger partial charge in [0, 0.05) is 29.5 Å². The van der Waals surface area contributed by atoms with Gasteiger partial charge in [0.25, 0.3) is 0 Å². The maximum absolute atomic E-state index is 6.00. The fraction of sp³-hybridized carbons (Fsp3) is 0.308. The highest BCUT2D eigenvalue weighted by molar-refractivity contribution is 9.10. The summed E-state index contributed by atoms with van der Waals surface area (Å²) in [6.07, 6.45) is 3.61. The number of nitrogens with one attached hydrogen (secondary N) is 1. The van der Waals surface area contributed by atoms with Crippen LogP contribution in [0.1, 0.15) is 23.7 Å². The van der Waals surface area contributed by atoms with E-state index in [1.54, 1.807) is 6.20 Å². The first-order valence-electron chi connectivity index (χ1n) is 5.99. The minimum Gasteiger partial charge on any atom is -0.273 e. The molecule has 19 heavy (non-hydrogen) atoms. The van der Waals surface area contributed by atoms with Crippen LogP contribution in [0.25, 0.3) is 0 Å². The summed E-state index contributed by atoms with van der Waals surface area (Å²) >= 11 is 9.43. The quantitative estimate of drug-likeness (QED) is 0.648. The van der Waals surface area contributed by atoms with Gasteiger partial charge in [-0.05, 0) is 52.5 Å². The van der Waals surface area contributed by atoms with Gasteiger partial charge in [0.15, 0.2) is 0 Å². The Kier molecular flexibility index (Phi) is 4.99. The molecule has 0 aliphatic carbocycles. The van der Waals surface area contributed by atoms with Crippen LogP contribution in [0.4, 0.5) is 0 Å². The largest absolute Gasteiger partial charge is 0.273 e. The molecule has 2 aromatic rings. The number of hydrogen-bond donors (Lipinski definition) is 2. The van der Waals surface area contributed by atoms with E-state index in [0.717, 1.165) is 22.9 Å². The minimum atomic E-state index is 0.0865. The summed E-state index contributed by atoms with van der Waals surface area (Å²) < 4.78 is 2.76. The van der Waals surface area contributed by atoms with E-state index in [9.17, 15) is 0 Å². The summed E-state index contributed by atoms with van der Waals surface area (Å²) in [5.74, 6) is 5.65. The van der Waals surface area contributed by atoms with Crippen LogP contribution in [-0.2, 0) is 13.5 Å². The van der Waals surface area contributed by atoms with Crippen LogP contribution in [0.2, 0.25) is 5.02 Å². The zero-order chi connectivity index (χ0) is 13.8. The Balaban J connectivity index is 2.07. The first-order valence-corrected chi connectivity index (χ1v) is 7.17. The molecule has 6 heteroatoms. The van der Waals surface area contributed by atoms with Gasteiger partial charge in [-0.3, -0.25) is 16.0 Å². The lowest BCUT2D eigenvalue weighted by Crippen LogP contribution is -2.28. The zero-order valence-corrected chi connectivity index (χ0v) is 12.9. The van der Waals surface area contributed by atoms with Crippen molar-refractivity contribution in [2.45, 2.75) is 18.9 Å². The lowest BCUT2D eigenvalue weighted by Gasteiger charge is -2.17. The molecule has 4 nitrogen and oxygen atoms in total. The van der Waals surface area contributed by atoms with Gasteiger partial charge in [-0.15, -0.1) is 0 Å². The van der Waals surface area contributed by atoms with Gasteiger partial charge in [0.2, 0.25) is 0 Å². The number of aromatic nitrogens is 2. The van der Waals surface area contributed by atoms with Crippen molar-refractivity contribution in [1.29, 1.82) is 0 Å². The first kappa shape index (κ1) is 14.5. The van der Waals surface area contributed by atoms with Gasteiger partial charge in [-0.25, -0.2) is 0 Å². The van der Waals surface area contributed by atoms with Crippen LogP contribution in [0, 0.1) is 0 Å². The number of halogens is 2. The van der Waals surface area contributed by atoms with Gasteiger partial charge in [-0.1, -0.05) is 17.7 Å². The normalized spacial score (nSPS) is 12.6. The van der Waals surface area contributed by atoms with E-state index in [-0.39, 0.29) is 6.04 Å². The van der Waals surface area contributed by atoms with E-state index in [0.29, 0.717) is 5.02 Å². The zero-order valence-electron chi connectivity index (χ0n) is 10.6. The molecule has 0 spiro atoms. The van der Waals surface area contributed by atoms with Gasteiger partial charge in [0.05, 0.1) is 5.02 Å². The third kappa shape index (κ3) is 3.57. The summed E-state index contributed by atoms with van der Waals surface area (Å²) in [7, 11) is 1.94. The molecule has 1 unspecified atom stereocenters. The van der Waals surface area contributed by atoms with E-state index >= 15 is 0 Å². The van der Waals surface area contributed by atoms with Gasteiger partial charge >= 0.3 is 0 Å². The van der Waals surface area contributed by atoms with Crippen molar-refractivity contribution >= 4 is 27.5 Å². The second kappa shape index (κ2) is 6.52. The average molecular weight is 344 g/mol. The first-order chi connectivity index (χ1) is 9.11. The standard InChI is InChI=1S/C13H16BrClN4/c1-19-10(6-7-17-19)3-5-13(18-16)9-2-4-12(15)11(14)8-9/h2,4,6-8,13,18H,3,5,16H2,1H3. The summed E-state index contributed by atoms with van der Waals surface area (Å²) in [4.78, 5) is 0. The molecule has 2 rings (SSSR count). The van der Waals surface area contributed by atoms with E-state index in [2.05, 4.69) is 26.5 Å². The second-order valence-corrected chi connectivity index (χ2v) is 5.64. The Labute approximate surface area is 126 Å². The van der Waals surface area contributed by atoms with Crippen molar-refractivity contribution in [2.24, 2.45) is 12.9 Å². The molecule has 0 amide bonds. The van der Waals surface area contributed by atoms with E-state index in [4.69, 9.17) is 17.4 Å². The molecule has 0 radical (unpaired) electrons. The van der Waals surface area contributed by atoms with Crippen LogP contribution >= 0.6 is 27.5 Å². The van der Waals surface area contributed by atoms with Crippen LogP contribution in [0.15, 0.2) is 34.9 Å². The van der Waals surface area contributed by atoms with E-state index < -0.39 is 0 Å². The number of hydrogen-bond acceptors (Lipinski definition) is 3. The molecular formula is C13H16BrClN4. The maximum Gasteiger partial charge on any atom is 0.0548 e. The third-order valence-electron chi connectivity index (χ3n) is 3.16. The molecule has 1 aromatic heterocycles. The molecule has 0 bridgehead atoms. The van der Waals surface area contributed by atoms with Crippen molar-refractivity contribution in [2.75, 3.05) is 0 Å². The lowest BCUT2D eigenvalue weighted by atomic mass is 10.0. The summed E-state index contributed by atoms with van der Waals surface area (Å²) in [5, 5.41) is 4.86. The van der Waals surface area contributed by atoms with Crippen molar-refractivity contribution in [3.05, 3.63) is 51.2 Å².